The van der Waals surface area contributed by atoms with E-state index in [-0.39, 0.29) is 6.03 Å². The second kappa shape index (κ2) is 7.94. The summed E-state index contributed by atoms with van der Waals surface area (Å²) < 4.78 is 2.10. The fourth-order valence-electron chi connectivity index (χ4n) is 2.75. The first-order valence-electron chi connectivity index (χ1n) is 8.26. The number of benzene rings is 1. The lowest BCUT2D eigenvalue weighted by molar-refractivity contribution is 0.239. The van der Waals surface area contributed by atoms with E-state index in [4.69, 9.17) is 0 Å². The first-order chi connectivity index (χ1) is 11.7. The summed E-state index contributed by atoms with van der Waals surface area (Å²) in [5, 5.41) is 5.79. The van der Waals surface area contributed by atoms with E-state index in [2.05, 4.69) is 43.2 Å². The van der Waals surface area contributed by atoms with Crippen LogP contribution in [-0.4, -0.2) is 34.7 Å². The normalized spacial score (nSPS) is 17.0. The van der Waals surface area contributed by atoms with Gasteiger partial charge in [0.05, 0.1) is 0 Å². The van der Waals surface area contributed by atoms with Crippen LogP contribution in [0, 0.1) is 6.92 Å². The number of urea groups is 1. The highest BCUT2D eigenvalue weighted by molar-refractivity contribution is 5.73. The number of carbonyl (C=O) groups excluding carboxylic acids is 1. The molecular weight excluding hydrogens is 304 g/mol. The molecule has 1 aliphatic rings. The quantitative estimate of drug-likeness (QED) is 0.635. The molecule has 7 heteroatoms. The highest BCUT2D eigenvalue weighted by Gasteiger charge is 2.14. The van der Waals surface area contributed by atoms with Crippen LogP contribution >= 0.6 is 0 Å². The van der Waals surface area contributed by atoms with Gasteiger partial charge in [0.1, 0.15) is 5.82 Å². The van der Waals surface area contributed by atoms with Gasteiger partial charge in [0.25, 0.3) is 0 Å². The van der Waals surface area contributed by atoms with Gasteiger partial charge >= 0.3 is 6.03 Å². The molecule has 1 aromatic heterocycles. The molecule has 0 radical (unpaired) electrons. The zero-order valence-electron chi connectivity index (χ0n) is 13.9. The number of nitrogens with one attached hydrogen (secondary N) is 4. The van der Waals surface area contributed by atoms with Crippen molar-refractivity contribution in [2.45, 2.75) is 32.5 Å². The Balaban J connectivity index is 1.47. The molecule has 1 atom stereocenters. The summed E-state index contributed by atoms with van der Waals surface area (Å²) >= 11 is 0. The summed E-state index contributed by atoms with van der Waals surface area (Å²) in [6.45, 7) is 4.85. The lowest BCUT2D eigenvalue weighted by atomic mass is 10.1. The molecule has 1 saturated heterocycles. The van der Waals surface area contributed by atoms with Crippen molar-refractivity contribution < 1.29 is 4.79 Å². The van der Waals surface area contributed by atoms with Gasteiger partial charge in [0.15, 0.2) is 0 Å². The summed E-state index contributed by atoms with van der Waals surface area (Å²) in [5.41, 5.74) is 8.45. The van der Waals surface area contributed by atoms with Gasteiger partial charge in [-0.2, -0.15) is 0 Å². The minimum absolute atomic E-state index is 0.139. The Bertz CT molecular complexity index is 677. The average molecular weight is 328 g/mol. The molecule has 0 bridgehead atoms. The lowest BCUT2D eigenvalue weighted by Crippen LogP contribution is -2.43. The van der Waals surface area contributed by atoms with Gasteiger partial charge in [0.2, 0.25) is 0 Å². The number of amides is 2. The van der Waals surface area contributed by atoms with Gasteiger partial charge in [-0.3, -0.25) is 10.9 Å². The smallest absolute Gasteiger partial charge is 0.315 e. The van der Waals surface area contributed by atoms with Crippen LogP contribution in [0.15, 0.2) is 36.7 Å². The molecule has 2 heterocycles. The summed E-state index contributed by atoms with van der Waals surface area (Å²) in [6.07, 6.45) is 4.80. The molecule has 1 fully saturated rings. The number of aryl methyl sites for hydroxylation is 1. The van der Waals surface area contributed by atoms with Crippen molar-refractivity contribution in [1.29, 1.82) is 0 Å². The molecule has 1 aromatic carbocycles. The van der Waals surface area contributed by atoms with Gasteiger partial charge in [-0.25, -0.2) is 9.78 Å². The summed E-state index contributed by atoms with van der Waals surface area (Å²) in [5.74, 6) is 0.993. The Hall–Kier alpha value is -2.38. The molecule has 0 spiro atoms. The van der Waals surface area contributed by atoms with Crippen LogP contribution in [0.3, 0.4) is 0 Å². The SMILES string of the molecule is Cc1nccn1Cc1cccc(CNC(=O)NCC2CCNN2)c1. The zero-order valence-corrected chi connectivity index (χ0v) is 13.9. The van der Waals surface area contributed by atoms with Crippen molar-refractivity contribution in [3.05, 3.63) is 53.6 Å². The predicted molar refractivity (Wildman–Crippen MR) is 92.3 cm³/mol. The molecule has 24 heavy (non-hydrogen) atoms. The standard InChI is InChI=1S/C17H24N6O/c1-13-18-7-8-23(13)12-15-4-2-3-14(9-15)10-19-17(24)20-11-16-5-6-21-22-16/h2-4,7-9,16,21-22H,5-6,10-12H2,1H3,(H2,19,20,24). The van der Waals surface area contributed by atoms with Crippen molar-refractivity contribution in [3.63, 3.8) is 0 Å². The van der Waals surface area contributed by atoms with Crippen LogP contribution in [-0.2, 0) is 13.1 Å². The number of hydrazine groups is 1. The number of aromatic nitrogens is 2. The largest absolute Gasteiger partial charge is 0.337 e. The van der Waals surface area contributed by atoms with Gasteiger partial charge < -0.3 is 15.2 Å². The summed E-state index contributed by atoms with van der Waals surface area (Å²) in [6, 6.07) is 8.40. The van der Waals surface area contributed by atoms with E-state index < -0.39 is 0 Å². The Morgan fingerprint density at radius 1 is 1.38 bits per heavy atom. The first kappa shape index (κ1) is 16.5. The number of hydrogen-bond donors (Lipinski definition) is 4. The van der Waals surface area contributed by atoms with E-state index in [1.807, 2.05) is 25.3 Å². The molecule has 2 amide bonds. The molecule has 1 aliphatic heterocycles. The van der Waals surface area contributed by atoms with Crippen LogP contribution in [0.2, 0.25) is 0 Å². The van der Waals surface area contributed by atoms with Crippen LogP contribution in [0.4, 0.5) is 4.79 Å². The molecule has 7 nitrogen and oxygen atoms in total. The fourth-order valence-corrected chi connectivity index (χ4v) is 2.75. The van der Waals surface area contributed by atoms with Gasteiger partial charge in [-0.05, 0) is 24.5 Å². The second-order valence-corrected chi connectivity index (χ2v) is 6.04. The Labute approximate surface area is 141 Å². The van der Waals surface area contributed by atoms with E-state index >= 15 is 0 Å². The molecule has 0 saturated carbocycles. The van der Waals surface area contributed by atoms with E-state index in [1.165, 1.54) is 5.56 Å². The first-order valence-corrected chi connectivity index (χ1v) is 8.26. The number of nitrogens with zero attached hydrogens (tertiary/aromatic N) is 2. The molecule has 0 aliphatic carbocycles. The minimum Gasteiger partial charge on any atom is -0.337 e. The Morgan fingerprint density at radius 2 is 2.25 bits per heavy atom. The van der Waals surface area contributed by atoms with Crippen molar-refractivity contribution in [2.75, 3.05) is 13.1 Å². The Morgan fingerprint density at radius 3 is 3.00 bits per heavy atom. The van der Waals surface area contributed by atoms with Gasteiger partial charge in [0, 0.05) is 44.6 Å². The van der Waals surface area contributed by atoms with Crippen LogP contribution < -0.4 is 21.5 Å². The molecule has 1 unspecified atom stereocenters. The number of imidazole rings is 1. The predicted octanol–water partition coefficient (Wildman–Crippen LogP) is 0.906. The minimum atomic E-state index is -0.139. The van der Waals surface area contributed by atoms with Crippen molar-refractivity contribution in [3.8, 4) is 0 Å². The van der Waals surface area contributed by atoms with Crippen molar-refractivity contribution >= 4 is 6.03 Å². The number of hydrogen-bond acceptors (Lipinski definition) is 4. The lowest BCUT2D eigenvalue weighted by Gasteiger charge is -2.12. The number of rotatable bonds is 6. The van der Waals surface area contributed by atoms with Gasteiger partial charge in [-0.1, -0.05) is 24.3 Å². The third-order valence-corrected chi connectivity index (χ3v) is 4.15. The summed E-state index contributed by atoms with van der Waals surface area (Å²) in [4.78, 5) is 16.1. The molecule has 2 aromatic rings. The van der Waals surface area contributed by atoms with Gasteiger partial charge in [-0.15, -0.1) is 0 Å². The van der Waals surface area contributed by atoms with Crippen molar-refractivity contribution in [1.82, 2.24) is 31.0 Å². The molecule has 3 rings (SSSR count). The maximum atomic E-state index is 11.9. The zero-order chi connectivity index (χ0) is 16.8. The summed E-state index contributed by atoms with van der Waals surface area (Å²) in [7, 11) is 0. The van der Waals surface area contributed by atoms with Crippen LogP contribution in [0.5, 0.6) is 0 Å². The maximum absolute atomic E-state index is 11.9. The monoisotopic (exact) mass is 328 g/mol. The fraction of sp³-hybridized carbons (Fsp3) is 0.412. The molecular formula is C17H24N6O. The third kappa shape index (κ3) is 4.56. The van der Waals surface area contributed by atoms with E-state index in [1.54, 1.807) is 6.20 Å². The maximum Gasteiger partial charge on any atom is 0.315 e. The highest BCUT2D eigenvalue weighted by Crippen LogP contribution is 2.08. The average Bonchev–Trinajstić information content (AvgIpc) is 3.24. The van der Waals surface area contributed by atoms with E-state index in [0.717, 1.165) is 30.9 Å². The third-order valence-electron chi connectivity index (χ3n) is 4.15. The van der Waals surface area contributed by atoms with Crippen LogP contribution in [0.1, 0.15) is 23.4 Å². The molecule has 4 N–H and O–H groups in total. The second-order valence-electron chi connectivity index (χ2n) is 6.04. The molecule has 128 valence electrons. The van der Waals surface area contributed by atoms with E-state index in [0.29, 0.717) is 19.1 Å². The van der Waals surface area contributed by atoms with Crippen molar-refractivity contribution in [2.24, 2.45) is 0 Å². The van der Waals surface area contributed by atoms with E-state index in [9.17, 15) is 4.79 Å². The highest BCUT2D eigenvalue weighted by atomic mass is 16.2. The topological polar surface area (TPSA) is 83.0 Å². The number of carbonyl (C=O) groups is 1. The Kier molecular flexibility index (Phi) is 5.45. The van der Waals surface area contributed by atoms with Crippen LogP contribution in [0.25, 0.3) is 0 Å².